The SMILES string of the molecule is CC(C)(C)[Si](Oc1cc2ccccc2[cH-]1)(c1ccccc1)c1ccccc1.CC(C)(C)[Si](Oc1cc2ccccc2[cH-]1)(c1ccccc1)c1ccccc1.C[Si]C.[Cl][Zr+2][Cl]. The zero-order chi connectivity index (χ0) is 43.2. The van der Waals surface area contributed by atoms with E-state index in [4.69, 9.17) is 25.9 Å². The molecule has 0 saturated carbocycles. The molecule has 306 valence electrons. The van der Waals surface area contributed by atoms with E-state index in [1.165, 1.54) is 42.3 Å². The second kappa shape index (κ2) is 21.9. The molecule has 8 aromatic carbocycles. The standard InChI is InChI=1S/2C25H25OSi.C2H6Si.2ClH.Zr/c2*1-25(2,3)27(23-14-6-4-7-15-23,24-16-8-5-9-17-24)26-22-18-20-12-10-11-13-21(20)19-22;1-3-2;;;/h2*4-19H,1-3H3;1-2H3;2*1H;/q2*-1;;;;+4/p-2. The number of hydrogen-bond acceptors (Lipinski definition) is 2. The first-order valence-corrected chi connectivity index (χ1v) is 32.4. The molecule has 60 heavy (non-hydrogen) atoms. The molecular weight excluding hydrogens is 903 g/mol. The van der Waals surface area contributed by atoms with Crippen LogP contribution in [0.1, 0.15) is 41.5 Å². The van der Waals surface area contributed by atoms with Crippen LogP contribution >= 0.6 is 17.0 Å². The summed E-state index contributed by atoms with van der Waals surface area (Å²) in [6.45, 7) is 18.2. The average Bonchev–Trinajstić information content (AvgIpc) is 3.86. The summed E-state index contributed by atoms with van der Waals surface area (Å²) >= 11 is -0.826. The van der Waals surface area contributed by atoms with Crippen molar-refractivity contribution in [2.45, 2.75) is 64.7 Å². The van der Waals surface area contributed by atoms with Crippen molar-refractivity contribution in [2.75, 3.05) is 0 Å². The van der Waals surface area contributed by atoms with E-state index >= 15 is 0 Å². The third kappa shape index (κ3) is 11.0. The van der Waals surface area contributed by atoms with Gasteiger partial charge in [0.05, 0.1) is 0 Å². The van der Waals surface area contributed by atoms with Gasteiger partial charge in [0, 0.05) is 21.0 Å². The van der Waals surface area contributed by atoms with E-state index in [0.29, 0.717) is 0 Å². The van der Waals surface area contributed by atoms with Gasteiger partial charge in [0.2, 0.25) is 0 Å². The molecular formula is C52H56Cl2O2Si3Zr. The summed E-state index contributed by atoms with van der Waals surface area (Å²) in [5, 5.41) is 10.1. The van der Waals surface area contributed by atoms with Crippen molar-refractivity contribution in [2.24, 2.45) is 0 Å². The number of rotatable bonds is 8. The van der Waals surface area contributed by atoms with Crippen LogP contribution in [-0.2, 0) is 20.8 Å². The van der Waals surface area contributed by atoms with Crippen molar-refractivity contribution in [3.63, 3.8) is 0 Å². The second-order valence-electron chi connectivity index (χ2n) is 16.7. The molecule has 0 aromatic heterocycles. The van der Waals surface area contributed by atoms with Gasteiger partial charge in [-0.15, -0.1) is 82.2 Å². The van der Waals surface area contributed by atoms with Crippen molar-refractivity contribution in [3.8, 4) is 11.5 Å². The van der Waals surface area contributed by atoms with E-state index in [9.17, 15) is 0 Å². The zero-order valence-electron chi connectivity index (χ0n) is 36.0. The monoisotopic (exact) mass is 956 g/mol. The summed E-state index contributed by atoms with van der Waals surface area (Å²) in [6, 6.07) is 68.7. The van der Waals surface area contributed by atoms with Gasteiger partial charge in [0.15, 0.2) is 0 Å². The molecule has 0 aliphatic carbocycles. The van der Waals surface area contributed by atoms with E-state index in [-0.39, 0.29) is 10.1 Å². The van der Waals surface area contributed by atoms with Gasteiger partial charge >= 0.3 is 54.5 Å². The number of hydrogen-bond donors (Lipinski definition) is 0. The van der Waals surface area contributed by atoms with Crippen LogP contribution in [0.2, 0.25) is 23.2 Å². The second-order valence-corrected chi connectivity index (χ2v) is 29.9. The maximum atomic E-state index is 7.06. The molecule has 0 heterocycles. The van der Waals surface area contributed by atoms with E-state index < -0.39 is 37.5 Å². The summed E-state index contributed by atoms with van der Waals surface area (Å²) in [7, 11) is 5.85. The number of halogens is 2. The van der Waals surface area contributed by atoms with Crippen molar-refractivity contribution in [1.29, 1.82) is 0 Å². The Balaban J connectivity index is 0.000000201. The Morgan fingerprint density at radius 1 is 0.433 bits per heavy atom. The van der Waals surface area contributed by atoms with Gasteiger partial charge < -0.3 is 8.85 Å². The number of benzene rings is 6. The van der Waals surface area contributed by atoms with Crippen molar-refractivity contribution in [1.82, 2.24) is 0 Å². The molecule has 0 unspecified atom stereocenters. The average molecular weight is 959 g/mol. The third-order valence-corrected chi connectivity index (χ3v) is 20.5. The van der Waals surface area contributed by atoms with Crippen LogP contribution in [0, 0.1) is 0 Å². The molecule has 0 bridgehead atoms. The van der Waals surface area contributed by atoms with E-state index in [0.717, 1.165) is 21.0 Å². The van der Waals surface area contributed by atoms with Crippen molar-refractivity contribution >= 4 is 85.5 Å². The molecule has 0 spiro atoms. The molecule has 8 aromatic rings. The van der Waals surface area contributed by atoms with Gasteiger partial charge in [-0.1, -0.05) is 188 Å². The van der Waals surface area contributed by atoms with Gasteiger partial charge in [-0.3, -0.25) is 0 Å². The first kappa shape index (κ1) is 47.3. The molecule has 8 rings (SSSR count). The Morgan fingerprint density at radius 3 is 0.900 bits per heavy atom. The van der Waals surface area contributed by atoms with Crippen LogP contribution in [0.3, 0.4) is 0 Å². The van der Waals surface area contributed by atoms with Gasteiger partial charge in [0.1, 0.15) is 0 Å². The molecule has 0 aliphatic heterocycles. The minimum absolute atomic E-state index is 0.0286. The van der Waals surface area contributed by atoms with Crippen molar-refractivity contribution in [3.05, 3.63) is 194 Å². The summed E-state index contributed by atoms with van der Waals surface area (Å²) in [4.78, 5) is 0. The fraction of sp³-hybridized carbons (Fsp3) is 0.192. The summed E-state index contributed by atoms with van der Waals surface area (Å²) in [6.07, 6.45) is 0. The summed E-state index contributed by atoms with van der Waals surface area (Å²) in [5.74, 6) is 1.93. The van der Waals surface area contributed by atoms with Gasteiger partial charge in [-0.2, -0.15) is 0 Å². The molecule has 0 saturated heterocycles. The summed E-state index contributed by atoms with van der Waals surface area (Å²) < 4.78 is 14.1. The van der Waals surface area contributed by atoms with Crippen LogP contribution < -0.4 is 29.6 Å². The Bertz CT molecular complexity index is 2140. The Labute approximate surface area is 382 Å². The molecule has 0 N–H and O–H groups in total. The zero-order valence-corrected chi connectivity index (χ0v) is 43.0. The molecule has 2 radical (unpaired) electrons. The molecule has 0 atom stereocenters. The van der Waals surface area contributed by atoms with Gasteiger partial charge in [0.25, 0.3) is 0 Å². The quantitative estimate of drug-likeness (QED) is 0.112. The van der Waals surface area contributed by atoms with Gasteiger partial charge in [-0.25, -0.2) is 0 Å². The van der Waals surface area contributed by atoms with Crippen LogP contribution in [0.5, 0.6) is 11.5 Å². The predicted octanol–water partition coefficient (Wildman–Crippen LogP) is 13.2. The Kier molecular flexibility index (Phi) is 17.2. The molecule has 0 aliphatic rings. The van der Waals surface area contributed by atoms with Crippen LogP contribution in [0.15, 0.2) is 194 Å². The molecule has 2 nitrogen and oxygen atoms in total. The maximum absolute atomic E-state index is 7.06. The fourth-order valence-corrected chi connectivity index (χ4v) is 16.8. The first-order valence-electron chi connectivity index (χ1n) is 20.3. The molecule has 8 heteroatoms. The van der Waals surface area contributed by atoms with E-state index in [2.05, 4.69) is 249 Å². The van der Waals surface area contributed by atoms with Crippen molar-refractivity contribution < 1.29 is 29.7 Å². The fourth-order valence-electron chi connectivity index (χ4n) is 8.01. The predicted molar refractivity (Wildman–Crippen MR) is 265 cm³/mol. The van der Waals surface area contributed by atoms with Crippen LogP contribution in [0.4, 0.5) is 0 Å². The third-order valence-electron chi connectivity index (χ3n) is 10.6. The van der Waals surface area contributed by atoms with Crippen LogP contribution in [0.25, 0.3) is 21.5 Å². The topological polar surface area (TPSA) is 18.5 Å². The molecule has 0 fully saturated rings. The Hall–Kier alpha value is -3.75. The van der Waals surface area contributed by atoms with E-state index in [1.54, 1.807) is 0 Å². The normalized spacial score (nSPS) is 11.5. The van der Waals surface area contributed by atoms with E-state index in [1.807, 2.05) is 0 Å². The number of fused-ring (bicyclic) bond motifs is 2. The minimum atomic E-state index is -2.55. The van der Waals surface area contributed by atoms with Crippen LogP contribution in [-0.4, -0.2) is 26.2 Å². The molecule has 0 amide bonds. The summed E-state index contributed by atoms with van der Waals surface area (Å²) in [5.41, 5.74) is 0. The first-order chi connectivity index (χ1) is 28.8. The Morgan fingerprint density at radius 2 is 0.667 bits per heavy atom. The van der Waals surface area contributed by atoms with Gasteiger partial charge in [-0.05, 0) is 30.8 Å².